The predicted octanol–water partition coefficient (Wildman–Crippen LogP) is 2.60. The number of carbonyl (C=O) groups excluding carboxylic acids is 1. The Labute approximate surface area is 124 Å². The second-order valence-corrected chi connectivity index (χ2v) is 5.22. The highest BCUT2D eigenvalue weighted by Gasteiger charge is 2.36. The first-order valence-electron chi connectivity index (χ1n) is 6.81. The maximum Gasteiger partial charge on any atom is 0.405 e. The van der Waals surface area contributed by atoms with E-state index in [0.717, 1.165) is 0 Å². The number of aliphatic hydroxyl groups is 1. The molecule has 22 heavy (non-hydrogen) atoms. The third-order valence-electron chi connectivity index (χ3n) is 3.31. The van der Waals surface area contributed by atoms with Crippen LogP contribution in [-0.4, -0.2) is 41.3 Å². The normalized spacial score (nSPS) is 16.2. The van der Waals surface area contributed by atoms with Gasteiger partial charge < -0.3 is 15.3 Å². The monoisotopic (exact) mass is 320 g/mol. The molecule has 1 aromatic rings. The third kappa shape index (κ3) is 4.87. The first kappa shape index (κ1) is 16.5. The Morgan fingerprint density at radius 1 is 1.32 bits per heavy atom. The molecule has 0 bridgehead atoms. The van der Waals surface area contributed by atoms with E-state index in [1.165, 1.54) is 29.2 Å². The van der Waals surface area contributed by atoms with E-state index < -0.39 is 30.7 Å². The lowest BCUT2D eigenvalue weighted by atomic mass is 10.1. The van der Waals surface area contributed by atoms with Crippen LogP contribution in [0.4, 0.5) is 22.4 Å². The molecule has 0 saturated heterocycles. The highest BCUT2D eigenvalue weighted by molar-refractivity contribution is 5.75. The molecule has 1 atom stereocenters. The van der Waals surface area contributed by atoms with Crippen LogP contribution in [0, 0.1) is 5.82 Å². The van der Waals surface area contributed by atoms with E-state index in [4.69, 9.17) is 0 Å². The number of hydrogen-bond donors (Lipinski definition) is 2. The number of benzene rings is 1. The van der Waals surface area contributed by atoms with Crippen molar-refractivity contribution in [1.82, 2.24) is 10.2 Å². The Bertz CT molecular complexity index is 515. The molecule has 1 fully saturated rings. The van der Waals surface area contributed by atoms with E-state index in [1.807, 2.05) is 0 Å². The highest BCUT2D eigenvalue weighted by Crippen LogP contribution is 2.29. The number of alkyl halides is 3. The molecule has 2 amide bonds. The fraction of sp³-hybridized carbons (Fsp3) is 0.500. The van der Waals surface area contributed by atoms with Gasteiger partial charge in [-0.2, -0.15) is 13.2 Å². The summed E-state index contributed by atoms with van der Waals surface area (Å²) in [4.78, 5) is 13.0. The van der Waals surface area contributed by atoms with Crippen LogP contribution in [0.2, 0.25) is 0 Å². The first-order valence-corrected chi connectivity index (χ1v) is 6.81. The van der Waals surface area contributed by atoms with Gasteiger partial charge in [-0.15, -0.1) is 0 Å². The average molecular weight is 320 g/mol. The van der Waals surface area contributed by atoms with Crippen LogP contribution >= 0.6 is 0 Å². The standard InChI is InChI=1S/C14H16F4N2O2/c15-10-3-1-9(2-4-10)12(21)7-20(11-5-6-11)13(22)19-8-14(16,17)18/h1-4,11-12,21H,5-8H2,(H,19,22). The van der Waals surface area contributed by atoms with Crippen molar-refractivity contribution in [3.63, 3.8) is 0 Å². The number of carbonyl (C=O) groups is 1. The molecule has 2 rings (SSSR count). The molecule has 8 heteroatoms. The van der Waals surface area contributed by atoms with Crippen molar-refractivity contribution in [2.24, 2.45) is 0 Å². The summed E-state index contributed by atoms with van der Waals surface area (Å²) < 4.78 is 49.3. The molecule has 0 aromatic heterocycles. The molecule has 0 aliphatic heterocycles. The number of nitrogens with one attached hydrogen (secondary N) is 1. The SMILES string of the molecule is O=C(NCC(F)(F)F)N(CC(O)c1ccc(F)cc1)C1CC1. The molecule has 1 unspecified atom stereocenters. The molecule has 0 heterocycles. The summed E-state index contributed by atoms with van der Waals surface area (Å²) in [6.07, 6.45) is -4.19. The van der Waals surface area contributed by atoms with Gasteiger partial charge >= 0.3 is 12.2 Å². The molecular weight excluding hydrogens is 304 g/mol. The number of amides is 2. The molecule has 4 nitrogen and oxygen atoms in total. The molecule has 1 aromatic carbocycles. The smallest absolute Gasteiger partial charge is 0.387 e. The van der Waals surface area contributed by atoms with E-state index >= 15 is 0 Å². The molecule has 0 spiro atoms. The van der Waals surface area contributed by atoms with Gasteiger partial charge in [-0.05, 0) is 30.5 Å². The maximum absolute atomic E-state index is 12.8. The quantitative estimate of drug-likeness (QED) is 0.820. The van der Waals surface area contributed by atoms with Crippen molar-refractivity contribution in [1.29, 1.82) is 0 Å². The number of halogens is 4. The number of urea groups is 1. The topological polar surface area (TPSA) is 52.6 Å². The van der Waals surface area contributed by atoms with Gasteiger partial charge in [0.2, 0.25) is 0 Å². The average Bonchev–Trinajstić information content (AvgIpc) is 3.26. The summed E-state index contributed by atoms with van der Waals surface area (Å²) >= 11 is 0. The summed E-state index contributed by atoms with van der Waals surface area (Å²) in [6, 6.07) is 4.06. The molecule has 122 valence electrons. The van der Waals surface area contributed by atoms with Crippen molar-refractivity contribution in [3.8, 4) is 0 Å². The Balaban J connectivity index is 1.96. The van der Waals surface area contributed by atoms with Crippen LogP contribution in [0.15, 0.2) is 24.3 Å². The lowest BCUT2D eigenvalue weighted by Crippen LogP contribution is -2.46. The second kappa shape index (κ2) is 6.51. The van der Waals surface area contributed by atoms with Crippen molar-refractivity contribution >= 4 is 6.03 Å². The lowest BCUT2D eigenvalue weighted by Gasteiger charge is -2.26. The van der Waals surface area contributed by atoms with E-state index in [0.29, 0.717) is 18.4 Å². The zero-order chi connectivity index (χ0) is 16.3. The summed E-state index contributed by atoms with van der Waals surface area (Å²) in [5.41, 5.74) is 0.399. The number of rotatable bonds is 5. The third-order valence-corrected chi connectivity index (χ3v) is 3.31. The molecular formula is C14H16F4N2O2. The number of aliphatic hydroxyl groups excluding tert-OH is 1. The summed E-state index contributed by atoms with van der Waals surface area (Å²) in [5.74, 6) is -0.460. The summed E-state index contributed by atoms with van der Waals surface area (Å²) in [6.45, 7) is -1.55. The van der Waals surface area contributed by atoms with Crippen LogP contribution in [0.5, 0.6) is 0 Å². The molecule has 1 saturated carbocycles. The van der Waals surface area contributed by atoms with Gasteiger partial charge in [-0.25, -0.2) is 9.18 Å². The zero-order valence-corrected chi connectivity index (χ0v) is 11.6. The predicted molar refractivity (Wildman–Crippen MR) is 70.5 cm³/mol. The van der Waals surface area contributed by atoms with Gasteiger partial charge in [-0.1, -0.05) is 12.1 Å². The largest absolute Gasteiger partial charge is 0.405 e. The Morgan fingerprint density at radius 3 is 2.41 bits per heavy atom. The van der Waals surface area contributed by atoms with E-state index in [9.17, 15) is 27.5 Å². The number of nitrogens with zero attached hydrogens (tertiary/aromatic N) is 1. The molecule has 0 radical (unpaired) electrons. The van der Waals surface area contributed by atoms with Crippen LogP contribution in [-0.2, 0) is 0 Å². The van der Waals surface area contributed by atoms with Gasteiger partial charge in [0.15, 0.2) is 0 Å². The van der Waals surface area contributed by atoms with E-state index in [2.05, 4.69) is 0 Å². The van der Waals surface area contributed by atoms with Gasteiger partial charge in [0, 0.05) is 6.04 Å². The van der Waals surface area contributed by atoms with Gasteiger partial charge in [-0.3, -0.25) is 0 Å². The molecule has 2 N–H and O–H groups in total. The minimum atomic E-state index is -4.49. The fourth-order valence-electron chi connectivity index (χ4n) is 2.04. The first-order chi connectivity index (χ1) is 10.3. The van der Waals surface area contributed by atoms with E-state index in [1.54, 1.807) is 5.32 Å². The van der Waals surface area contributed by atoms with Crippen LogP contribution in [0.3, 0.4) is 0 Å². The fourth-order valence-corrected chi connectivity index (χ4v) is 2.04. The molecule has 1 aliphatic rings. The van der Waals surface area contributed by atoms with Crippen LogP contribution in [0.1, 0.15) is 24.5 Å². The minimum Gasteiger partial charge on any atom is -0.387 e. The Hall–Kier alpha value is -1.83. The maximum atomic E-state index is 12.8. The minimum absolute atomic E-state index is 0.139. The highest BCUT2D eigenvalue weighted by atomic mass is 19.4. The van der Waals surface area contributed by atoms with Gasteiger partial charge in [0.25, 0.3) is 0 Å². The number of hydrogen-bond acceptors (Lipinski definition) is 2. The molecule has 1 aliphatic carbocycles. The summed E-state index contributed by atoms with van der Waals surface area (Å²) in [5, 5.41) is 11.9. The van der Waals surface area contributed by atoms with Crippen LogP contribution < -0.4 is 5.32 Å². The lowest BCUT2D eigenvalue weighted by molar-refractivity contribution is -0.123. The summed E-state index contributed by atoms with van der Waals surface area (Å²) in [7, 11) is 0. The van der Waals surface area contributed by atoms with Gasteiger partial charge in [0.1, 0.15) is 12.4 Å². The Morgan fingerprint density at radius 2 is 1.91 bits per heavy atom. The van der Waals surface area contributed by atoms with Crippen molar-refractivity contribution in [2.75, 3.05) is 13.1 Å². The second-order valence-electron chi connectivity index (χ2n) is 5.22. The van der Waals surface area contributed by atoms with Gasteiger partial charge in [0.05, 0.1) is 12.6 Å². The zero-order valence-electron chi connectivity index (χ0n) is 11.6. The van der Waals surface area contributed by atoms with Crippen LogP contribution in [0.25, 0.3) is 0 Å². The van der Waals surface area contributed by atoms with Crippen molar-refractivity contribution in [3.05, 3.63) is 35.6 Å². The van der Waals surface area contributed by atoms with E-state index in [-0.39, 0.29) is 12.6 Å². The van der Waals surface area contributed by atoms with Crippen molar-refractivity contribution in [2.45, 2.75) is 31.2 Å². The Kier molecular flexibility index (Phi) is 4.90. The van der Waals surface area contributed by atoms with Crippen molar-refractivity contribution < 1.29 is 27.5 Å².